The van der Waals surface area contributed by atoms with Gasteiger partial charge >= 0.3 is 0 Å². The minimum atomic E-state index is -0.437. The smallest absolute Gasteiger partial charge is 0.269 e. The zero-order valence-corrected chi connectivity index (χ0v) is 10.7. The summed E-state index contributed by atoms with van der Waals surface area (Å²) >= 11 is 0. The molecule has 2 aromatic carbocycles. The van der Waals surface area contributed by atoms with E-state index in [2.05, 4.69) is 6.07 Å². The van der Waals surface area contributed by atoms with Crippen LogP contribution in [0, 0.1) is 21.4 Å². The van der Waals surface area contributed by atoms with E-state index in [0.717, 1.165) is 11.1 Å². The summed E-state index contributed by atoms with van der Waals surface area (Å²) in [5, 5.41) is 19.5. The molecule has 0 atom stereocenters. The average Bonchev–Trinajstić information content (AvgIpc) is 2.48. The van der Waals surface area contributed by atoms with E-state index < -0.39 is 4.92 Å². The van der Waals surface area contributed by atoms with Gasteiger partial charge in [-0.3, -0.25) is 10.1 Å². The molecule has 100 valence electrons. The lowest BCUT2D eigenvalue weighted by Crippen LogP contribution is -1.97. The fourth-order valence-electron chi connectivity index (χ4n) is 1.75. The Kier molecular flexibility index (Phi) is 4.43. The van der Waals surface area contributed by atoms with Crippen molar-refractivity contribution in [3.8, 4) is 6.07 Å². The molecule has 0 aliphatic rings. The monoisotopic (exact) mass is 268 g/mol. The summed E-state index contributed by atoms with van der Waals surface area (Å²) in [5.74, 6) is 0. The average molecular weight is 268 g/mol. The minimum absolute atomic E-state index is 0.0589. The lowest BCUT2D eigenvalue weighted by molar-refractivity contribution is -0.384. The van der Waals surface area contributed by atoms with E-state index in [4.69, 9.17) is 10.00 Å². The fraction of sp³-hybridized carbons (Fsp3) is 0.133. The SMILES string of the molecule is N#Cc1ccccc1COCc1ccc([N+](=O)[O-])cc1. The van der Waals surface area contributed by atoms with Gasteiger partial charge in [0.2, 0.25) is 0 Å². The predicted octanol–water partition coefficient (Wildman–Crippen LogP) is 3.18. The van der Waals surface area contributed by atoms with Crippen LogP contribution >= 0.6 is 0 Å². The van der Waals surface area contributed by atoms with Crippen molar-refractivity contribution < 1.29 is 9.66 Å². The van der Waals surface area contributed by atoms with Crippen LogP contribution < -0.4 is 0 Å². The summed E-state index contributed by atoms with van der Waals surface area (Å²) in [6.07, 6.45) is 0. The Bertz CT molecular complexity index is 645. The number of hydrogen-bond acceptors (Lipinski definition) is 4. The van der Waals surface area contributed by atoms with Gasteiger partial charge in [0.15, 0.2) is 0 Å². The highest BCUT2D eigenvalue weighted by Gasteiger charge is 2.04. The first-order valence-corrected chi connectivity index (χ1v) is 6.00. The summed E-state index contributed by atoms with van der Waals surface area (Å²) in [7, 11) is 0. The largest absolute Gasteiger partial charge is 0.372 e. The Balaban J connectivity index is 1.93. The van der Waals surface area contributed by atoms with E-state index in [9.17, 15) is 10.1 Å². The van der Waals surface area contributed by atoms with Crippen LogP contribution in [0.15, 0.2) is 48.5 Å². The van der Waals surface area contributed by atoms with E-state index in [1.165, 1.54) is 12.1 Å². The van der Waals surface area contributed by atoms with Gasteiger partial charge in [-0.1, -0.05) is 18.2 Å². The Labute approximate surface area is 116 Å². The van der Waals surface area contributed by atoms with Crippen molar-refractivity contribution in [3.63, 3.8) is 0 Å². The molecule has 0 aromatic heterocycles. The third-order valence-corrected chi connectivity index (χ3v) is 2.81. The highest BCUT2D eigenvalue weighted by molar-refractivity contribution is 5.37. The topological polar surface area (TPSA) is 76.2 Å². The number of nitro benzene ring substituents is 1. The molecule has 5 nitrogen and oxygen atoms in total. The molecule has 0 saturated heterocycles. The number of ether oxygens (including phenoxy) is 1. The molecule has 0 N–H and O–H groups in total. The molecule has 0 heterocycles. The number of nitro groups is 1. The van der Waals surface area contributed by atoms with Crippen LogP contribution in [-0.4, -0.2) is 4.92 Å². The standard InChI is InChI=1S/C15H12N2O3/c16-9-13-3-1-2-4-14(13)11-20-10-12-5-7-15(8-6-12)17(18)19/h1-8H,10-11H2. The van der Waals surface area contributed by atoms with Gasteiger partial charge in [0.25, 0.3) is 5.69 Å². The molecular weight excluding hydrogens is 256 g/mol. The first-order valence-electron chi connectivity index (χ1n) is 6.00. The Morgan fingerprint density at radius 2 is 1.80 bits per heavy atom. The van der Waals surface area contributed by atoms with E-state index in [1.807, 2.05) is 12.1 Å². The van der Waals surface area contributed by atoms with Crippen molar-refractivity contribution in [2.45, 2.75) is 13.2 Å². The van der Waals surface area contributed by atoms with Gasteiger partial charge in [0, 0.05) is 12.1 Å². The minimum Gasteiger partial charge on any atom is -0.372 e. The van der Waals surface area contributed by atoms with Gasteiger partial charge in [-0.25, -0.2) is 0 Å². The molecule has 2 rings (SSSR count). The Morgan fingerprint density at radius 1 is 1.10 bits per heavy atom. The summed E-state index contributed by atoms with van der Waals surface area (Å²) in [5.41, 5.74) is 2.33. The first kappa shape index (κ1) is 13.7. The quantitative estimate of drug-likeness (QED) is 0.616. The second-order valence-electron chi connectivity index (χ2n) is 4.19. The van der Waals surface area contributed by atoms with Crippen molar-refractivity contribution in [2.24, 2.45) is 0 Å². The fourth-order valence-corrected chi connectivity index (χ4v) is 1.75. The number of benzene rings is 2. The van der Waals surface area contributed by atoms with Gasteiger partial charge in [0.05, 0.1) is 29.8 Å². The first-order chi connectivity index (χ1) is 9.70. The van der Waals surface area contributed by atoms with Crippen LogP contribution in [-0.2, 0) is 18.0 Å². The highest BCUT2D eigenvalue weighted by Crippen LogP contribution is 2.14. The molecule has 5 heteroatoms. The van der Waals surface area contributed by atoms with Crippen LogP contribution in [0.5, 0.6) is 0 Å². The van der Waals surface area contributed by atoms with E-state index >= 15 is 0 Å². The van der Waals surface area contributed by atoms with Crippen LogP contribution in [0.3, 0.4) is 0 Å². The number of hydrogen-bond donors (Lipinski definition) is 0. The van der Waals surface area contributed by atoms with Crippen molar-refractivity contribution >= 4 is 5.69 Å². The van der Waals surface area contributed by atoms with Gasteiger partial charge in [0.1, 0.15) is 0 Å². The zero-order chi connectivity index (χ0) is 14.4. The number of nitrogens with zero attached hydrogens (tertiary/aromatic N) is 2. The maximum atomic E-state index is 10.5. The molecule has 0 unspecified atom stereocenters. The third-order valence-electron chi connectivity index (χ3n) is 2.81. The number of non-ortho nitro benzene ring substituents is 1. The maximum Gasteiger partial charge on any atom is 0.269 e. The van der Waals surface area contributed by atoms with Crippen molar-refractivity contribution in [1.29, 1.82) is 5.26 Å². The number of rotatable bonds is 5. The lowest BCUT2D eigenvalue weighted by Gasteiger charge is -2.06. The molecule has 2 aromatic rings. The zero-order valence-electron chi connectivity index (χ0n) is 10.7. The molecule has 0 aliphatic heterocycles. The Hall–Kier alpha value is -2.71. The molecule has 20 heavy (non-hydrogen) atoms. The molecule has 0 bridgehead atoms. The van der Waals surface area contributed by atoms with Crippen LogP contribution in [0.25, 0.3) is 0 Å². The van der Waals surface area contributed by atoms with Crippen molar-refractivity contribution in [3.05, 3.63) is 75.3 Å². The lowest BCUT2D eigenvalue weighted by atomic mass is 10.1. The van der Waals surface area contributed by atoms with Gasteiger partial charge in [-0.15, -0.1) is 0 Å². The van der Waals surface area contributed by atoms with Crippen LogP contribution in [0.2, 0.25) is 0 Å². The van der Waals surface area contributed by atoms with E-state index in [1.54, 1.807) is 24.3 Å². The van der Waals surface area contributed by atoms with E-state index in [-0.39, 0.29) is 5.69 Å². The van der Waals surface area contributed by atoms with Gasteiger partial charge in [-0.2, -0.15) is 5.26 Å². The summed E-state index contributed by atoms with van der Waals surface area (Å²) in [6, 6.07) is 15.6. The highest BCUT2D eigenvalue weighted by atomic mass is 16.6. The Morgan fingerprint density at radius 3 is 2.45 bits per heavy atom. The maximum absolute atomic E-state index is 10.5. The van der Waals surface area contributed by atoms with Crippen LogP contribution in [0.4, 0.5) is 5.69 Å². The molecule has 0 amide bonds. The molecule has 0 aliphatic carbocycles. The van der Waals surface area contributed by atoms with Crippen LogP contribution in [0.1, 0.15) is 16.7 Å². The van der Waals surface area contributed by atoms with Crippen molar-refractivity contribution in [1.82, 2.24) is 0 Å². The van der Waals surface area contributed by atoms with Gasteiger partial charge in [-0.05, 0) is 29.3 Å². The normalized spacial score (nSPS) is 9.95. The predicted molar refractivity (Wildman–Crippen MR) is 72.7 cm³/mol. The molecule has 0 radical (unpaired) electrons. The van der Waals surface area contributed by atoms with E-state index in [0.29, 0.717) is 18.8 Å². The van der Waals surface area contributed by atoms with Crippen molar-refractivity contribution in [2.75, 3.05) is 0 Å². The second kappa shape index (κ2) is 6.45. The molecular formula is C15H12N2O3. The molecule has 0 spiro atoms. The number of nitriles is 1. The third kappa shape index (κ3) is 3.40. The summed E-state index contributed by atoms with van der Waals surface area (Å²) in [4.78, 5) is 10.1. The molecule has 0 saturated carbocycles. The second-order valence-corrected chi connectivity index (χ2v) is 4.19. The molecule has 0 fully saturated rings. The summed E-state index contributed by atoms with van der Waals surface area (Å²) in [6.45, 7) is 0.679. The summed E-state index contributed by atoms with van der Waals surface area (Å²) < 4.78 is 5.53. The van der Waals surface area contributed by atoms with Gasteiger partial charge < -0.3 is 4.74 Å².